The maximum absolute atomic E-state index is 12.2. The molecule has 110 valence electrons. The molecule has 19 heavy (non-hydrogen) atoms. The van der Waals surface area contributed by atoms with E-state index in [-0.39, 0.29) is 13.0 Å². The average molecular weight is 291 g/mol. The predicted octanol–water partition coefficient (Wildman–Crippen LogP) is 1.92. The lowest BCUT2D eigenvalue weighted by molar-refractivity contribution is -0.146. The summed E-state index contributed by atoms with van der Waals surface area (Å²) in [4.78, 5) is 34.6. The van der Waals surface area contributed by atoms with Gasteiger partial charge in [-0.3, -0.25) is 14.2 Å². The van der Waals surface area contributed by atoms with Gasteiger partial charge in [0, 0.05) is 13.0 Å². The van der Waals surface area contributed by atoms with Crippen LogP contribution in [0, 0.1) is 0 Å². The van der Waals surface area contributed by atoms with Crippen LogP contribution < -0.4 is 0 Å². The normalized spacial score (nSPS) is 22.9. The predicted molar refractivity (Wildman–Crippen MR) is 70.7 cm³/mol. The molecule has 1 aliphatic heterocycles. The van der Waals surface area contributed by atoms with Crippen LogP contribution in [0.25, 0.3) is 0 Å². The molecule has 0 bridgehead atoms. The van der Waals surface area contributed by atoms with E-state index in [4.69, 9.17) is 4.52 Å². The van der Waals surface area contributed by atoms with Crippen molar-refractivity contribution in [1.82, 2.24) is 4.90 Å². The largest absolute Gasteiger partial charge is 0.350 e. The molecule has 7 heteroatoms. The lowest BCUT2D eigenvalue weighted by atomic mass is 10.1. The minimum Gasteiger partial charge on any atom is -0.323 e. The molecule has 1 aliphatic rings. The van der Waals surface area contributed by atoms with Crippen LogP contribution in [0.15, 0.2) is 0 Å². The van der Waals surface area contributed by atoms with Crippen LogP contribution in [0.3, 0.4) is 0 Å². The number of likely N-dealkylation sites (tertiary alicyclic amines) is 1. The van der Waals surface area contributed by atoms with Crippen LogP contribution in [0.2, 0.25) is 0 Å². The third-order valence-corrected chi connectivity index (χ3v) is 4.99. The number of amides is 1. The highest BCUT2D eigenvalue weighted by atomic mass is 31.2. The lowest BCUT2D eigenvalue weighted by Gasteiger charge is -2.36. The molecule has 6 nitrogen and oxygen atoms in total. The van der Waals surface area contributed by atoms with E-state index in [0.717, 1.165) is 12.8 Å². The Hall–Kier alpha value is -0.710. The summed E-state index contributed by atoms with van der Waals surface area (Å²) < 4.78 is 17.2. The first-order valence-corrected chi connectivity index (χ1v) is 8.39. The third kappa shape index (κ3) is 4.13. The van der Waals surface area contributed by atoms with Gasteiger partial charge in [-0.05, 0) is 25.7 Å². The molecule has 0 aromatic rings. The van der Waals surface area contributed by atoms with E-state index < -0.39 is 25.1 Å². The van der Waals surface area contributed by atoms with Gasteiger partial charge in [-0.15, -0.1) is 0 Å². The molecule has 1 saturated heterocycles. The van der Waals surface area contributed by atoms with E-state index in [1.807, 2.05) is 6.92 Å². The monoisotopic (exact) mass is 291 g/mol. The van der Waals surface area contributed by atoms with Crippen molar-refractivity contribution in [3.05, 3.63) is 0 Å². The molecular formula is C12H22NO5P. The molecule has 0 aromatic carbocycles. The van der Waals surface area contributed by atoms with Gasteiger partial charge in [-0.25, -0.2) is 0 Å². The maximum Gasteiger partial charge on any atom is 0.350 e. The maximum atomic E-state index is 12.2. The number of carbonyl (C=O) groups is 2. The van der Waals surface area contributed by atoms with Crippen molar-refractivity contribution in [3.8, 4) is 0 Å². The molecule has 1 amide bonds. The first-order valence-electron chi connectivity index (χ1n) is 6.74. The molecule has 0 aliphatic carbocycles. The van der Waals surface area contributed by atoms with Gasteiger partial charge < -0.3 is 14.3 Å². The standard InChI is InChI=1S/C12H22NO5P/c1-3-9-18-19(16,17)11-7-5-6-8-13(11)12(15)10(14)4-2/h11H,3-9H2,1-2H3,(H,16,17). The number of nitrogens with zero attached hydrogens (tertiary/aromatic N) is 1. The Morgan fingerprint density at radius 1 is 1.37 bits per heavy atom. The molecule has 0 spiro atoms. The average Bonchev–Trinajstić information content (AvgIpc) is 2.43. The molecule has 0 saturated carbocycles. The van der Waals surface area contributed by atoms with Crippen molar-refractivity contribution in [2.24, 2.45) is 0 Å². The van der Waals surface area contributed by atoms with Gasteiger partial charge in [-0.2, -0.15) is 0 Å². The Kier molecular flexibility index (Phi) is 6.17. The lowest BCUT2D eigenvalue weighted by Crippen LogP contribution is -2.46. The van der Waals surface area contributed by atoms with Crippen molar-refractivity contribution in [2.75, 3.05) is 13.2 Å². The van der Waals surface area contributed by atoms with Crippen LogP contribution >= 0.6 is 7.60 Å². The van der Waals surface area contributed by atoms with E-state index in [1.165, 1.54) is 4.90 Å². The minimum absolute atomic E-state index is 0.105. The first-order chi connectivity index (χ1) is 8.94. The summed E-state index contributed by atoms with van der Waals surface area (Å²) >= 11 is 0. The molecule has 1 N–H and O–H groups in total. The van der Waals surface area contributed by atoms with E-state index in [0.29, 0.717) is 19.4 Å². The summed E-state index contributed by atoms with van der Waals surface area (Å²) in [6.45, 7) is 3.96. The number of piperidine rings is 1. The second kappa shape index (κ2) is 7.17. The molecule has 2 atom stereocenters. The molecule has 1 rings (SSSR count). The van der Waals surface area contributed by atoms with E-state index in [1.54, 1.807) is 6.92 Å². The molecular weight excluding hydrogens is 269 g/mol. The fraction of sp³-hybridized carbons (Fsp3) is 0.833. The molecule has 0 aromatic heterocycles. The molecule has 1 fully saturated rings. The molecule has 0 radical (unpaired) electrons. The highest BCUT2D eigenvalue weighted by molar-refractivity contribution is 7.53. The quantitative estimate of drug-likeness (QED) is 0.597. The fourth-order valence-corrected chi connectivity index (χ4v) is 3.81. The van der Waals surface area contributed by atoms with E-state index in [2.05, 4.69) is 0 Å². The summed E-state index contributed by atoms with van der Waals surface area (Å²) in [7, 11) is -3.89. The second-order valence-corrected chi connectivity index (χ2v) is 6.63. The zero-order valence-electron chi connectivity index (χ0n) is 11.5. The second-order valence-electron chi connectivity index (χ2n) is 4.65. The zero-order valence-corrected chi connectivity index (χ0v) is 12.4. The van der Waals surface area contributed by atoms with Crippen molar-refractivity contribution in [1.29, 1.82) is 0 Å². The molecule has 1 heterocycles. The Labute approximate surface area is 113 Å². The summed E-state index contributed by atoms with van der Waals surface area (Å²) in [5.41, 5.74) is 0. The van der Waals surface area contributed by atoms with Gasteiger partial charge >= 0.3 is 7.60 Å². The number of hydrogen-bond donors (Lipinski definition) is 1. The van der Waals surface area contributed by atoms with Crippen LogP contribution in [0.5, 0.6) is 0 Å². The Morgan fingerprint density at radius 3 is 2.63 bits per heavy atom. The van der Waals surface area contributed by atoms with Gasteiger partial charge in [0.1, 0.15) is 5.78 Å². The highest BCUT2D eigenvalue weighted by Crippen LogP contribution is 2.52. The Balaban J connectivity index is 2.85. The topological polar surface area (TPSA) is 83.9 Å². The van der Waals surface area contributed by atoms with Crippen LogP contribution in [0.1, 0.15) is 46.0 Å². The van der Waals surface area contributed by atoms with E-state index >= 15 is 0 Å². The summed E-state index contributed by atoms with van der Waals surface area (Å²) in [6, 6.07) is 0. The smallest absolute Gasteiger partial charge is 0.323 e. The summed E-state index contributed by atoms with van der Waals surface area (Å²) in [6.07, 6.45) is 2.63. The summed E-state index contributed by atoms with van der Waals surface area (Å²) in [5, 5.41) is 0. The Morgan fingerprint density at radius 2 is 2.05 bits per heavy atom. The van der Waals surface area contributed by atoms with Crippen LogP contribution in [-0.2, 0) is 18.7 Å². The third-order valence-electron chi connectivity index (χ3n) is 3.15. The zero-order chi connectivity index (χ0) is 14.5. The summed E-state index contributed by atoms with van der Waals surface area (Å²) in [5.74, 6) is -2.07. The van der Waals surface area contributed by atoms with Gasteiger partial charge in [0.2, 0.25) is 5.78 Å². The Bertz CT molecular complexity index is 384. The number of hydrogen-bond acceptors (Lipinski definition) is 4. The van der Waals surface area contributed by atoms with Crippen molar-refractivity contribution in [2.45, 2.75) is 51.7 Å². The molecule has 2 unspecified atom stereocenters. The number of Topliss-reactive ketones (excluding diaryl/α,β-unsaturated/α-hetero) is 1. The van der Waals surface area contributed by atoms with Crippen molar-refractivity contribution >= 4 is 19.3 Å². The van der Waals surface area contributed by atoms with E-state index in [9.17, 15) is 19.0 Å². The number of rotatable bonds is 6. The fourth-order valence-electron chi connectivity index (χ4n) is 2.11. The van der Waals surface area contributed by atoms with Gasteiger partial charge in [0.25, 0.3) is 5.91 Å². The van der Waals surface area contributed by atoms with Gasteiger partial charge in [-0.1, -0.05) is 13.8 Å². The van der Waals surface area contributed by atoms with Crippen molar-refractivity contribution in [3.63, 3.8) is 0 Å². The van der Waals surface area contributed by atoms with Gasteiger partial charge in [0.15, 0.2) is 0 Å². The number of carbonyl (C=O) groups excluding carboxylic acids is 2. The van der Waals surface area contributed by atoms with Gasteiger partial charge in [0.05, 0.1) is 6.61 Å². The first kappa shape index (κ1) is 16.3. The van der Waals surface area contributed by atoms with Crippen LogP contribution in [0.4, 0.5) is 0 Å². The number of ketones is 1. The highest BCUT2D eigenvalue weighted by Gasteiger charge is 2.42. The minimum atomic E-state index is -3.89. The van der Waals surface area contributed by atoms with Crippen LogP contribution in [-0.4, -0.2) is 40.4 Å². The SMILES string of the molecule is CCCOP(=O)(O)C1CCCCN1C(=O)C(=O)CC. The van der Waals surface area contributed by atoms with Crippen molar-refractivity contribution < 1.29 is 23.6 Å².